The van der Waals surface area contributed by atoms with Gasteiger partial charge in [0.2, 0.25) is 6.41 Å². The molecular weight excluding hydrogens is 414 g/mol. The Morgan fingerprint density at radius 1 is 1.19 bits per heavy atom. The molecule has 1 aromatic carbocycles. The Morgan fingerprint density at radius 2 is 1.94 bits per heavy atom. The van der Waals surface area contributed by atoms with Crippen LogP contribution >= 0.6 is 11.6 Å². The van der Waals surface area contributed by atoms with Crippen molar-refractivity contribution in [3.63, 3.8) is 0 Å². The molecule has 0 bridgehead atoms. The molecule has 9 heteroatoms. The molecule has 1 aliphatic carbocycles. The van der Waals surface area contributed by atoms with E-state index in [4.69, 9.17) is 22.4 Å². The summed E-state index contributed by atoms with van der Waals surface area (Å²) in [5.74, 6) is 0.732. The van der Waals surface area contributed by atoms with Crippen LogP contribution < -0.4 is 15.7 Å². The largest absolute Gasteiger partial charge is 0.352 e. The Kier molecular flexibility index (Phi) is 8.20. The molecular formula is C22H30ClN7O. The van der Waals surface area contributed by atoms with E-state index in [9.17, 15) is 4.79 Å². The Hall–Kier alpha value is -2.71. The zero-order chi connectivity index (χ0) is 22.2. The number of nitrogens with zero attached hydrogens (tertiary/aromatic N) is 4. The van der Waals surface area contributed by atoms with E-state index in [1.54, 1.807) is 17.0 Å². The second-order valence-electron chi connectivity index (χ2n) is 7.71. The molecule has 2 aliphatic rings. The smallest absolute Gasteiger partial charge is 0.209 e. The first-order valence-corrected chi connectivity index (χ1v) is 11.0. The van der Waals surface area contributed by atoms with Crippen molar-refractivity contribution in [2.24, 2.45) is 0 Å². The van der Waals surface area contributed by atoms with E-state index in [0.717, 1.165) is 55.7 Å². The van der Waals surface area contributed by atoms with Crippen LogP contribution in [0.1, 0.15) is 30.9 Å². The second-order valence-corrected chi connectivity index (χ2v) is 8.12. The van der Waals surface area contributed by atoms with Crippen molar-refractivity contribution in [3.05, 3.63) is 52.0 Å². The van der Waals surface area contributed by atoms with Crippen molar-refractivity contribution in [1.29, 1.82) is 10.8 Å². The van der Waals surface area contributed by atoms with Crippen molar-refractivity contribution >= 4 is 30.2 Å². The minimum absolute atomic E-state index is 0.176. The molecule has 1 aliphatic heterocycles. The average Bonchev–Trinajstić information content (AvgIpc) is 3.64. The summed E-state index contributed by atoms with van der Waals surface area (Å²) in [6.45, 7) is 5.89. The lowest BCUT2D eigenvalue weighted by Gasteiger charge is -2.33. The fourth-order valence-corrected chi connectivity index (χ4v) is 3.46. The molecule has 0 atom stereocenters. The van der Waals surface area contributed by atoms with Gasteiger partial charge in [0.15, 0.2) is 0 Å². The quantitative estimate of drug-likeness (QED) is 0.347. The van der Waals surface area contributed by atoms with Crippen LogP contribution in [-0.4, -0.2) is 59.6 Å². The summed E-state index contributed by atoms with van der Waals surface area (Å²) < 4.78 is 1.21. The zero-order valence-electron chi connectivity index (χ0n) is 17.9. The van der Waals surface area contributed by atoms with Crippen LogP contribution in [0.2, 0.25) is 5.02 Å². The fraction of sp³-hybridized carbons (Fsp3) is 0.455. The topological polar surface area (TPSA) is 101 Å². The van der Waals surface area contributed by atoms with Crippen LogP contribution in [0, 0.1) is 10.8 Å². The van der Waals surface area contributed by atoms with Gasteiger partial charge in [0.1, 0.15) is 17.6 Å². The van der Waals surface area contributed by atoms with Gasteiger partial charge in [-0.05, 0) is 48.6 Å². The minimum atomic E-state index is 0.176. The average molecular weight is 444 g/mol. The van der Waals surface area contributed by atoms with Crippen LogP contribution in [0.4, 0.5) is 5.82 Å². The maximum Gasteiger partial charge on any atom is 0.209 e. The van der Waals surface area contributed by atoms with Gasteiger partial charge in [0.05, 0.1) is 0 Å². The number of halogens is 1. The molecule has 2 aromatic rings. The van der Waals surface area contributed by atoms with Gasteiger partial charge in [-0.3, -0.25) is 15.6 Å². The van der Waals surface area contributed by atoms with Gasteiger partial charge in [-0.2, -0.15) is 0 Å². The standard InChI is InChI=1S/C12H16ClN.C10H14N6O/c1-2-9-3-6-12(13)10(7-9)8-14-11-4-5-11;11-7-16-9(12)1-2-10(13-16)15-5-3-14(8-17)4-6-15/h3,6-7,11,14H,2,4-5,8H2,1H3;1-2,7-8,11-12H,3-6H2. The summed E-state index contributed by atoms with van der Waals surface area (Å²) in [7, 11) is 0. The number of carbonyl (C=O) groups is 1. The highest BCUT2D eigenvalue weighted by Crippen LogP contribution is 2.22. The summed E-state index contributed by atoms with van der Waals surface area (Å²) in [5, 5.41) is 23.2. The first-order chi connectivity index (χ1) is 15.0. The second kappa shape index (κ2) is 11.1. The predicted molar refractivity (Wildman–Crippen MR) is 123 cm³/mol. The maximum absolute atomic E-state index is 10.6. The van der Waals surface area contributed by atoms with Gasteiger partial charge in [0, 0.05) is 43.8 Å². The number of aryl methyl sites for hydroxylation is 1. The Bertz CT molecular complexity index is 949. The van der Waals surface area contributed by atoms with Crippen molar-refractivity contribution in [1.82, 2.24) is 20.0 Å². The molecule has 4 rings (SSSR count). The number of carbonyl (C=O) groups excluding carboxylic acids is 1. The molecule has 8 nitrogen and oxygen atoms in total. The van der Waals surface area contributed by atoms with Gasteiger partial charge in [-0.25, -0.2) is 4.68 Å². The lowest BCUT2D eigenvalue weighted by atomic mass is 10.1. The zero-order valence-corrected chi connectivity index (χ0v) is 18.6. The number of hydrogen-bond donors (Lipinski definition) is 3. The van der Waals surface area contributed by atoms with E-state index < -0.39 is 0 Å². The number of piperazine rings is 1. The lowest BCUT2D eigenvalue weighted by molar-refractivity contribution is -0.118. The molecule has 1 saturated carbocycles. The SMILES string of the molecule is CCc1ccc(Cl)c(CNC2CC2)c1.N=Cn1nc(N2CCN(C=O)CC2)ccc1=N. The third-order valence-corrected chi connectivity index (χ3v) is 5.80. The third kappa shape index (κ3) is 6.63. The number of amides is 1. The van der Waals surface area contributed by atoms with E-state index in [1.807, 2.05) is 11.0 Å². The van der Waals surface area contributed by atoms with Gasteiger partial charge < -0.3 is 15.1 Å². The summed E-state index contributed by atoms with van der Waals surface area (Å²) in [6, 6.07) is 10.4. The normalized spacial score (nSPS) is 15.8. The monoisotopic (exact) mass is 443 g/mol. The highest BCUT2D eigenvalue weighted by Gasteiger charge is 2.20. The first-order valence-electron chi connectivity index (χ1n) is 10.6. The van der Waals surface area contributed by atoms with E-state index in [0.29, 0.717) is 13.1 Å². The number of nitrogens with one attached hydrogen (secondary N) is 3. The van der Waals surface area contributed by atoms with Crippen molar-refractivity contribution in [2.75, 3.05) is 31.1 Å². The molecule has 1 saturated heterocycles. The molecule has 31 heavy (non-hydrogen) atoms. The number of aromatic nitrogens is 2. The minimum Gasteiger partial charge on any atom is -0.352 e. The number of hydrogen-bond acceptors (Lipinski definition) is 6. The van der Waals surface area contributed by atoms with Gasteiger partial charge in [-0.15, -0.1) is 5.10 Å². The lowest BCUT2D eigenvalue weighted by Crippen LogP contribution is -2.46. The van der Waals surface area contributed by atoms with Crippen LogP contribution in [-0.2, 0) is 17.8 Å². The van der Waals surface area contributed by atoms with Crippen LogP contribution in [0.25, 0.3) is 0 Å². The third-order valence-electron chi connectivity index (χ3n) is 5.43. The van der Waals surface area contributed by atoms with E-state index in [-0.39, 0.29) is 5.49 Å². The molecule has 1 amide bonds. The van der Waals surface area contributed by atoms with Crippen LogP contribution in [0.5, 0.6) is 0 Å². The van der Waals surface area contributed by atoms with Crippen LogP contribution in [0.15, 0.2) is 30.3 Å². The maximum atomic E-state index is 10.6. The number of anilines is 1. The molecule has 2 fully saturated rings. The summed E-state index contributed by atoms with van der Waals surface area (Å²) in [5.41, 5.74) is 2.77. The predicted octanol–water partition coefficient (Wildman–Crippen LogP) is 2.25. The molecule has 0 unspecified atom stereocenters. The number of rotatable bonds is 7. The molecule has 166 valence electrons. The van der Waals surface area contributed by atoms with Crippen molar-refractivity contribution < 1.29 is 4.79 Å². The van der Waals surface area contributed by atoms with Gasteiger partial charge >= 0.3 is 0 Å². The number of benzene rings is 1. The molecule has 1 aromatic heterocycles. The van der Waals surface area contributed by atoms with Gasteiger partial charge in [-0.1, -0.05) is 30.7 Å². The molecule has 0 spiro atoms. The van der Waals surface area contributed by atoms with Crippen molar-refractivity contribution in [2.45, 2.75) is 38.8 Å². The summed E-state index contributed by atoms with van der Waals surface area (Å²) >= 11 is 6.12. The Labute approximate surface area is 187 Å². The van der Waals surface area contributed by atoms with Crippen molar-refractivity contribution in [3.8, 4) is 0 Å². The highest BCUT2D eigenvalue weighted by atomic mass is 35.5. The summed E-state index contributed by atoms with van der Waals surface area (Å²) in [6.07, 6.45) is 5.59. The Morgan fingerprint density at radius 3 is 2.55 bits per heavy atom. The van der Waals surface area contributed by atoms with Gasteiger partial charge in [0.25, 0.3) is 0 Å². The van der Waals surface area contributed by atoms with E-state index in [1.165, 1.54) is 28.7 Å². The molecule has 3 N–H and O–H groups in total. The van der Waals surface area contributed by atoms with Crippen LogP contribution in [0.3, 0.4) is 0 Å². The first kappa shape index (κ1) is 23.0. The molecule has 2 heterocycles. The highest BCUT2D eigenvalue weighted by molar-refractivity contribution is 6.31. The van der Waals surface area contributed by atoms with E-state index >= 15 is 0 Å². The molecule has 0 radical (unpaired) electrons. The van der Waals surface area contributed by atoms with E-state index in [2.05, 4.69) is 29.5 Å². The Balaban J connectivity index is 0.000000179. The summed E-state index contributed by atoms with van der Waals surface area (Å²) in [4.78, 5) is 14.3. The fourth-order valence-electron chi connectivity index (χ4n) is 3.28.